The molecule has 0 heterocycles. The number of carbonyl (C=O) groups is 2. The predicted octanol–water partition coefficient (Wildman–Crippen LogP) is 0.992. The molecule has 1 unspecified atom stereocenters. The molecular weight excluding hydrogens is 220 g/mol. The topological polar surface area (TPSA) is 78.4 Å². The normalized spacial score (nSPS) is 14.4. The van der Waals surface area contributed by atoms with Gasteiger partial charge in [-0.25, -0.2) is 0 Å². The monoisotopic (exact) mass is 244 g/mol. The van der Waals surface area contributed by atoms with Crippen LogP contribution in [0.4, 0.5) is 0 Å². The van der Waals surface area contributed by atoms with E-state index in [4.69, 9.17) is 0 Å². The fourth-order valence-electron chi connectivity index (χ4n) is 1.43. The van der Waals surface area contributed by atoms with Gasteiger partial charge in [-0.3, -0.25) is 9.59 Å². The van der Waals surface area contributed by atoms with Gasteiger partial charge in [0.2, 0.25) is 5.91 Å². The number of hydrogen-bond donors (Lipinski definition) is 3. The number of carboxylic acid groups (broad SMARTS) is 1. The van der Waals surface area contributed by atoms with E-state index in [9.17, 15) is 14.7 Å². The van der Waals surface area contributed by atoms with Gasteiger partial charge in [-0.2, -0.15) is 0 Å². The van der Waals surface area contributed by atoms with Crippen LogP contribution in [0.2, 0.25) is 0 Å². The van der Waals surface area contributed by atoms with Crippen LogP contribution in [0.1, 0.15) is 40.0 Å². The minimum Gasteiger partial charge on any atom is -0.480 e. The van der Waals surface area contributed by atoms with Gasteiger partial charge in [-0.1, -0.05) is 13.8 Å². The first-order valence-corrected chi connectivity index (χ1v) is 6.01. The SMILES string of the molecule is CNC(=O)CCNC(C)(CCC(C)C)C(=O)O. The highest BCUT2D eigenvalue weighted by Gasteiger charge is 2.32. The number of rotatable bonds is 8. The molecule has 0 aliphatic carbocycles. The fraction of sp³-hybridized carbons (Fsp3) is 0.833. The van der Waals surface area contributed by atoms with Crippen molar-refractivity contribution in [2.45, 2.75) is 45.6 Å². The number of carboxylic acids is 1. The van der Waals surface area contributed by atoms with Crippen LogP contribution in [-0.4, -0.2) is 36.1 Å². The van der Waals surface area contributed by atoms with Gasteiger partial charge in [0.15, 0.2) is 0 Å². The predicted molar refractivity (Wildman–Crippen MR) is 66.8 cm³/mol. The van der Waals surface area contributed by atoms with Gasteiger partial charge in [0, 0.05) is 20.0 Å². The Morgan fingerprint density at radius 2 is 1.94 bits per heavy atom. The standard InChI is InChI=1S/C12H24N2O3/c1-9(2)5-7-12(3,11(16)17)14-8-6-10(15)13-4/h9,14H,5-8H2,1-4H3,(H,13,15)(H,16,17). The summed E-state index contributed by atoms with van der Waals surface area (Å²) >= 11 is 0. The van der Waals surface area contributed by atoms with Gasteiger partial charge in [-0.15, -0.1) is 0 Å². The van der Waals surface area contributed by atoms with Gasteiger partial charge >= 0.3 is 5.97 Å². The van der Waals surface area contributed by atoms with Crippen LogP contribution in [0.3, 0.4) is 0 Å². The van der Waals surface area contributed by atoms with Gasteiger partial charge < -0.3 is 15.7 Å². The second kappa shape index (κ2) is 7.27. The zero-order chi connectivity index (χ0) is 13.5. The molecule has 0 aromatic heterocycles. The Hall–Kier alpha value is -1.10. The number of nitrogens with one attached hydrogen (secondary N) is 2. The lowest BCUT2D eigenvalue weighted by molar-refractivity contribution is -0.144. The zero-order valence-corrected chi connectivity index (χ0v) is 11.2. The fourth-order valence-corrected chi connectivity index (χ4v) is 1.43. The molecule has 3 N–H and O–H groups in total. The Labute approximate surface area is 103 Å². The third-order valence-corrected chi connectivity index (χ3v) is 2.84. The summed E-state index contributed by atoms with van der Waals surface area (Å²) in [7, 11) is 1.57. The first kappa shape index (κ1) is 15.9. The van der Waals surface area contributed by atoms with E-state index in [0.717, 1.165) is 6.42 Å². The molecule has 0 radical (unpaired) electrons. The van der Waals surface area contributed by atoms with Crippen molar-refractivity contribution >= 4 is 11.9 Å². The van der Waals surface area contributed by atoms with Crippen LogP contribution in [0.15, 0.2) is 0 Å². The Bertz CT molecular complexity index is 266. The Morgan fingerprint density at radius 1 is 1.35 bits per heavy atom. The van der Waals surface area contributed by atoms with E-state index >= 15 is 0 Å². The van der Waals surface area contributed by atoms with Crippen LogP contribution < -0.4 is 10.6 Å². The maximum atomic E-state index is 11.2. The average Bonchev–Trinajstić information content (AvgIpc) is 2.25. The lowest BCUT2D eigenvalue weighted by Gasteiger charge is -2.27. The summed E-state index contributed by atoms with van der Waals surface area (Å²) in [6.45, 7) is 6.17. The van der Waals surface area contributed by atoms with E-state index in [1.807, 2.05) is 0 Å². The molecule has 1 atom stereocenters. The summed E-state index contributed by atoms with van der Waals surface area (Å²) in [5.74, 6) is -0.487. The van der Waals surface area contributed by atoms with Crippen molar-refractivity contribution in [1.29, 1.82) is 0 Å². The third kappa shape index (κ3) is 6.26. The van der Waals surface area contributed by atoms with Crippen molar-refractivity contribution in [2.75, 3.05) is 13.6 Å². The molecule has 0 aliphatic rings. The molecule has 0 aromatic carbocycles. The van der Waals surface area contributed by atoms with Crippen molar-refractivity contribution in [2.24, 2.45) is 5.92 Å². The molecule has 100 valence electrons. The van der Waals surface area contributed by atoms with E-state index in [1.165, 1.54) is 0 Å². The molecule has 0 aromatic rings. The van der Waals surface area contributed by atoms with Gasteiger partial charge in [0.05, 0.1) is 0 Å². The molecule has 0 saturated heterocycles. The molecule has 0 rings (SSSR count). The summed E-state index contributed by atoms with van der Waals surface area (Å²) in [4.78, 5) is 22.3. The number of aliphatic carboxylic acids is 1. The van der Waals surface area contributed by atoms with Crippen molar-refractivity contribution in [3.63, 3.8) is 0 Å². The molecule has 0 aliphatic heterocycles. The van der Waals surface area contributed by atoms with E-state index in [1.54, 1.807) is 14.0 Å². The average molecular weight is 244 g/mol. The maximum absolute atomic E-state index is 11.2. The number of hydrogen-bond acceptors (Lipinski definition) is 3. The van der Waals surface area contributed by atoms with E-state index < -0.39 is 11.5 Å². The smallest absolute Gasteiger partial charge is 0.323 e. The van der Waals surface area contributed by atoms with E-state index in [2.05, 4.69) is 24.5 Å². The molecule has 0 saturated carbocycles. The summed E-state index contributed by atoms with van der Waals surface area (Å²) in [6.07, 6.45) is 1.70. The molecule has 0 fully saturated rings. The molecule has 0 spiro atoms. The van der Waals surface area contributed by atoms with Gasteiger partial charge in [-0.05, 0) is 25.7 Å². The van der Waals surface area contributed by atoms with Crippen molar-refractivity contribution in [3.8, 4) is 0 Å². The first-order chi connectivity index (χ1) is 7.81. The van der Waals surface area contributed by atoms with Crippen molar-refractivity contribution in [3.05, 3.63) is 0 Å². The lowest BCUT2D eigenvalue weighted by atomic mass is 9.92. The minimum absolute atomic E-state index is 0.0888. The summed E-state index contributed by atoms with van der Waals surface area (Å²) < 4.78 is 0. The van der Waals surface area contributed by atoms with Crippen molar-refractivity contribution < 1.29 is 14.7 Å². The van der Waals surface area contributed by atoms with Gasteiger partial charge in [0.25, 0.3) is 0 Å². The molecule has 17 heavy (non-hydrogen) atoms. The Kier molecular flexibility index (Phi) is 6.80. The highest BCUT2D eigenvalue weighted by molar-refractivity contribution is 5.78. The third-order valence-electron chi connectivity index (χ3n) is 2.84. The summed E-state index contributed by atoms with van der Waals surface area (Å²) in [6, 6.07) is 0. The molecular formula is C12H24N2O3. The largest absolute Gasteiger partial charge is 0.480 e. The van der Waals surface area contributed by atoms with Crippen LogP contribution >= 0.6 is 0 Å². The lowest BCUT2D eigenvalue weighted by Crippen LogP contribution is -2.50. The van der Waals surface area contributed by atoms with E-state index in [0.29, 0.717) is 25.3 Å². The van der Waals surface area contributed by atoms with Crippen molar-refractivity contribution in [1.82, 2.24) is 10.6 Å². The second-order valence-corrected chi connectivity index (χ2v) is 4.92. The first-order valence-electron chi connectivity index (χ1n) is 6.01. The highest BCUT2D eigenvalue weighted by Crippen LogP contribution is 2.16. The summed E-state index contributed by atoms with van der Waals surface area (Å²) in [5.41, 5.74) is -0.946. The number of carbonyl (C=O) groups excluding carboxylic acids is 1. The van der Waals surface area contributed by atoms with Gasteiger partial charge in [0.1, 0.15) is 5.54 Å². The molecule has 0 bridgehead atoms. The number of amides is 1. The summed E-state index contributed by atoms with van der Waals surface area (Å²) in [5, 5.41) is 14.7. The molecule has 1 amide bonds. The quantitative estimate of drug-likeness (QED) is 0.595. The van der Waals surface area contributed by atoms with Crippen LogP contribution in [0.5, 0.6) is 0 Å². The molecule has 5 nitrogen and oxygen atoms in total. The second-order valence-electron chi connectivity index (χ2n) is 4.92. The van der Waals surface area contributed by atoms with Crippen LogP contribution in [0, 0.1) is 5.92 Å². The minimum atomic E-state index is -0.946. The van der Waals surface area contributed by atoms with Crippen LogP contribution in [-0.2, 0) is 9.59 Å². The Balaban J connectivity index is 4.22. The molecule has 5 heteroatoms. The zero-order valence-electron chi connectivity index (χ0n) is 11.2. The maximum Gasteiger partial charge on any atom is 0.323 e. The highest BCUT2D eigenvalue weighted by atomic mass is 16.4. The Morgan fingerprint density at radius 3 is 2.35 bits per heavy atom. The van der Waals surface area contributed by atoms with Crippen LogP contribution in [0.25, 0.3) is 0 Å². The van der Waals surface area contributed by atoms with E-state index in [-0.39, 0.29) is 5.91 Å².